The van der Waals surface area contributed by atoms with Crippen molar-refractivity contribution >= 4 is 52.6 Å². The topological polar surface area (TPSA) is 86.6 Å². The van der Waals surface area contributed by atoms with E-state index in [9.17, 15) is 27.9 Å². The van der Waals surface area contributed by atoms with Gasteiger partial charge in [-0.3, -0.25) is 9.36 Å². The Bertz CT molecular complexity index is 1140. The van der Waals surface area contributed by atoms with Crippen LogP contribution in [0.15, 0.2) is 48.0 Å². The van der Waals surface area contributed by atoms with E-state index in [0.29, 0.717) is 21.5 Å². The standard InChI is InChI=1S/C19H15ClF2NO4PS/c20-12-2-4-18-13(8-12)15(10-29-18)14(9-28(25,26)27)19(24)23-6-5-11-1-3-16(21)17(22)7-11/h1-8,10,14H,9H2,(H,23,24)(H2,25,26,27). The molecule has 1 heterocycles. The molecule has 0 saturated heterocycles. The summed E-state index contributed by atoms with van der Waals surface area (Å²) in [5.41, 5.74) is 0.762. The third-order valence-corrected chi connectivity index (χ3v) is 6.18. The maximum Gasteiger partial charge on any atom is 0.326 e. The lowest BCUT2D eigenvalue weighted by Gasteiger charge is -2.16. The number of fused-ring (bicyclic) bond motifs is 1. The number of amides is 1. The van der Waals surface area contributed by atoms with E-state index in [1.54, 1.807) is 23.6 Å². The zero-order chi connectivity index (χ0) is 21.2. The van der Waals surface area contributed by atoms with Crippen molar-refractivity contribution in [3.8, 4) is 0 Å². The Hall–Kier alpha value is -2.09. The van der Waals surface area contributed by atoms with Gasteiger partial charge < -0.3 is 15.1 Å². The maximum absolute atomic E-state index is 13.3. The van der Waals surface area contributed by atoms with E-state index in [1.165, 1.54) is 29.7 Å². The molecule has 3 aromatic rings. The van der Waals surface area contributed by atoms with Crippen LogP contribution in [0.4, 0.5) is 8.78 Å². The number of thiophene rings is 1. The molecule has 5 nitrogen and oxygen atoms in total. The van der Waals surface area contributed by atoms with Crippen molar-refractivity contribution < 1.29 is 27.9 Å². The third kappa shape index (κ3) is 5.50. The van der Waals surface area contributed by atoms with E-state index in [-0.39, 0.29) is 0 Å². The minimum absolute atomic E-state index is 0.309. The summed E-state index contributed by atoms with van der Waals surface area (Å²) in [6, 6.07) is 8.32. The number of carbonyl (C=O) groups excluding carboxylic acids is 1. The molecule has 0 aliphatic rings. The fourth-order valence-electron chi connectivity index (χ4n) is 2.79. The van der Waals surface area contributed by atoms with Crippen molar-refractivity contribution in [1.82, 2.24) is 5.32 Å². The Morgan fingerprint density at radius 2 is 1.97 bits per heavy atom. The second-order valence-corrected chi connectivity index (χ2v) is 9.29. The van der Waals surface area contributed by atoms with Gasteiger partial charge in [0.2, 0.25) is 5.91 Å². The minimum Gasteiger partial charge on any atom is -0.332 e. The summed E-state index contributed by atoms with van der Waals surface area (Å²) in [7, 11) is -4.51. The van der Waals surface area contributed by atoms with Gasteiger partial charge in [-0.2, -0.15) is 0 Å². The summed E-state index contributed by atoms with van der Waals surface area (Å²) >= 11 is 7.35. The van der Waals surface area contributed by atoms with Crippen LogP contribution in [0, 0.1) is 11.6 Å². The smallest absolute Gasteiger partial charge is 0.326 e. The van der Waals surface area contributed by atoms with Crippen LogP contribution in [0.25, 0.3) is 16.2 Å². The van der Waals surface area contributed by atoms with E-state index in [1.807, 2.05) is 0 Å². The molecule has 0 spiro atoms. The van der Waals surface area contributed by atoms with Crippen LogP contribution in [0.5, 0.6) is 0 Å². The quantitative estimate of drug-likeness (QED) is 0.460. The number of rotatable bonds is 6. The average molecular weight is 458 g/mol. The van der Waals surface area contributed by atoms with Gasteiger partial charge in [0.15, 0.2) is 11.6 Å². The van der Waals surface area contributed by atoms with Crippen molar-refractivity contribution in [3.05, 3.63) is 75.8 Å². The molecule has 10 heteroatoms. The van der Waals surface area contributed by atoms with Gasteiger partial charge in [-0.1, -0.05) is 17.7 Å². The van der Waals surface area contributed by atoms with Crippen molar-refractivity contribution in [1.29, 1.82) is 0 Å². The molecule has 0 fully saturated rings. The second kappa shape index (κ2) is 8.73. The molecule has 0 bridgehead atoms. The summed E-state index contributed by atoms with van der Waals surface area (Å²) in [6.07, 6.45) is 1.87. The Morgan fingerprint density at radius 1 is 1.21 bits per heavy atom. The molecular weight excluding hydrogens is 443 g/mol. The molecule has 1 aromatic heterocycles. The third-order valence-electron chi connectivity index (χ3n) is 4.12. The van der Waals surface area contributed by atoms with E-state index >= 15 is 0 Å². The Morgan fingerprint density at radius 3 is 2.66 bits per heavy atom. The fourth-order valence-corrected chi connectivity index (χ4v) is 4.79. The number of hydrogen-bond acceptors (Lipinski definition) is 3. The molecule has 1 atom stereocenters. The number of halogens is 3. The minimum atomic E-state index is -4.51. The number of nitrogens with one attached hydrogen (secondary N) is 1. The molecule has 2 aromatic carbocycles. The first kappa shape index (κ1) is 21.6. The van der Waals surface area contributed by atoms with Gasteiger partial charge in [0, 0.05) is 15.9 Å². The molecule has 0 aliphatic carbocycles. The zero-order valence-corrected chi connectivity index (χ0v) is 17.1. The fraction of sp³-hybridized carbons (Fsp3) is 0.105. The number of benzene rings is 2. The lowest BCUT2D eigenvalue weighted by molar-refractivity contribution is -0.121. The van der Waals surface area contributed by atoms with Crippen molar-refractivity contribution in [2.45, 2.75) is 5.92 Å². The second-order valence-electron chi connectivity index (χ2n) is 6.25. The highest BCUT2D eigenvalue weighted by molar-refractivity contribution is 7.51. The normalized spacial score (nSPS) is 13.1. The predicted octanol–water partition coefficient (Wildman–Crippen LogP) is 4.88. The van der Waals surface area contributed by atoms with Crippen molar-refractivity contribution in [2.24, 2.45) is 0 Å². The SMILES string of the molecule is O=C(NC=Cc1ccc(F)c(F)c1)C(CP(=O)(O)O)c1csc2ccc(Cl)cc12. The van der Waals surface area contributed by atoms with Crippen LogP contribution < -0.4 is 5.32 Å². The predicted molar refractivity (Wildman–Crippen MR) is 110 cm³/mol. The molecule has 3 N–H and O–H groups in total. The van der Waals surface area contributed by atoms with Crippen LogP contribution in [0.1, 0.15) is 17.0 Å². The Kier molecular flexibility index (Phi) is 6.51. The van der Waals surface area contributed by atoms with Crippen LogP contribution >= 0.6 is 30.5 Å². The molecular formula is C19H15ClF2NO4PS. The van der Waals surface area contributed by atoms with Crippen molar-refractivity contribution in [3.63, 3.8) is 0 Å². The lowest BCUT2D eigenvalue weighted by Crippen LogP contribution is -2.27. The van der Waals surface area contributed by atoms with Crippen LogP contribution in [0.2, 0.25) is 5.02 Å². The number of hydrogen-bond donors (Lipinski definition) is 3. The summed E-state index contributed by atoms with van der Waals surface area (Å²) in [5.74, 6) is -3.79. The van der Waals surface area contributed by atoms with E-state index in [2.05, 4.69) is 5.32 Å². The van der Waals surface area contributed by atoms with E-state index in [4.69, 9.17) is 11.6 Å². The van der Waals surface area contributed by atoms with E-state index < -0.39 is 37.2 Å². The first-order valence-corrected chi connectivity index (χ1v) is 11.3. The highest BCUT2D eigenvalue weighted by atomic mass is 35.5. The molecule has 1 amide bonds. The van der Waals surface area contributed by atoms with Crippen LogP contribution in [-0.4, -0.2) is 21.9 Å². The van der Waals surface area contributed by atoms with Gasteiger partial charge >= 0.3 is 7.60 Å². The van der Waals surface area contributed by atoms with Gasteiger partial charge in [-0.25, -0.2) is 8.78 Å². The van der Waals surface area contributed by atoms with Gasteiger partial charge in [0.05, 0.1) is 12.1 Å². The Balaban J connectivity index is 1.87. The van der Waals surface area contributed by atoms with Crippen LogP contribution in [0.3, 0.4) is 0 Å². The monoisotopic (exact) mass is 457 g/mol. The number of carbonyl (C=O) groups is 1. The molecule has 0 radical (unpaired) electrons. The summed E-state index contributed by atoms with van der Waals surface area (Å²) < 4.78 is 38.7. The lowest BCUT2D eigenvalue weighted by atomic mass is 9.99. The van der Waals surface area contributed by atoms with Gasteiger partial charge in [0.25, 0.3) is 0 Å². The summed E-state index contributed by atoms with van der Waals surface area (Å²) in [5, 5.41) is 5.19. The molecule has 1 unspecified atom stereocenters. The zero-order valence-electron chi connectivity index (χ0n) is 14.7. The highest BCUT2D eigenvalue weighted by Gasteiger charge is 2.30. The highest BCUT2D eigenvalue weighted by Crippen LogP contribution is 2.43. The Labute approximate surface area is 173 Å². The summed E-state index contributed by atoms with van der Waals surface area (Å²) in [4.78, 5) is 31.6. The van der Waals surface area contributed by atoms with Gasteiger partial charge in [-0.15, -0.1) is 11.3 Å². The van der Waals surface area contributed by atoms with Gasteiger partial charge in [0.1, 0.15) is 0 Å². The first-order chi connectivity index (χ1) is 13.6. The van der Waals surface area contributed by atoms with E-state index in [0.717, 1.165) is 16.8 Å². The molecule has 29 heavy (non-hydrogen) atoms. The van der Waals surface area contributed by atoms with Crippen LogP contribution in [-0.2, 0) is 9.36 Å². The van der Waals surface area contributed by atoms with Gasteiger partial charge in [-0.05, 0) is 58.3 Å². The molecule has 0 saturated carbocycles. The van der Waals surface area contributed by atoms with Crippen molar-refractivity contribution in [2.75, 3.05) is 6.16 Å². The molecule has 152 valence electrons. The average Bonchev–Trinajstić information content (AvgIpc) is 3.04. The summed E-state index contributed by atoms with van der Waals surface area (Å²) in [6.45, 7) is 0. The molecule has 0 aliphatic heterocycles. The largest absolute Gasteiger partial charge is 0.332 e. The molecule has 3 rings (SSSR count). The maximum atomic E-state index is 13.3. The first-order valence-electron chi connectivity index (χ1n) is 8.27.